The Morgan fingerprint density at radius 3 is 1.74 bits per heavy atom. The van der Waals surface area contributed by atoms with E-state index in [4.69, 9.17) is 5.26 Å². The van der Waals surface area contributed by atoms with Gasteiger partial charge in [0.05, 0.1) is 23.6 Å². The molecule has 0 radical (unpaired) electrons. The maximum atomic E-state index is 12.5. The Morgan fingerprint density at radius 1 is 0.895 bits per heavy atom. The summed E-state index contributed by atoms with van der Waals surface area (Å²) in [6, 6.07) is 2.66. The highest BCUT2D eigenvalue weighted by molar-refractivity contribution is 5.42. The zero-order valence-corrected chi connectivity index (χ0v) is 9.15. The summed E-state index contributed by atoms with van der Waals surface area (Å²) in [5.74, 6) is 4.26. The summed E-state index contributed by atoms with van der Waals surface area (Å²) in [5, 5.41) is 8.20. The van der Waals surface area contributed by atoms with Gasteiger partial charge in [-0.05, 0) is 18.2 Å². The van der Waals surface area contributed by atoms with Crippen molar-refractivity contribution in [1.82, 2.24) is 0 Å². The topological polar surface area (TPSA) is 23.8 Å². The van der Waals surface area contributed by atoms with Crippen molar-refractivity contribution in [2.24, 2.45) is 0 Å². The predicted octanol–water partition coefficient (Wildman–Crippen LogP) is 3.99. The van der Waals surface area contributed by atoms with Crippen LogP contribution >= 0.6 is 0 Å². The highest BCUT2D eigenvalue weighted by atomic mass is 19.4. The fourth-order valence-corrected chi connectivity index (χ4v) is 1.21. The van der Waals surface area contributed by atoms with Gasteiger partial charge in [0.1, 0.15) is 0 Å². The second kappa shape index (κ2) is 5.23. The SMILES string of the molecule is N#CCC#Cc1cc(C(F)(F)F)cc(C(F)(F)F)c1. The van der Waals surface area contributed by atoms with E-state index in [2.05, 4.69) is 11.8 Å². The number of hydrogen-bond donors (Lipinski definition) is 0. The molecule has 0 aliphatic rings. The van der Waals surface area contributed by atoms with Gasteiger partial charge in [-0.2, -0.15) is 31.6 Å². The summed E-state index contributed by atoms with van der Waals surface area (Å²) in [5.41, 5.74) is -3.29. The number of nitriles is 1. The number of nitrogens with zero attached hydrogens (tertiary/aromatic N) is 1. The molecule has 0 spiro atoms. The Balaban J connectivity index is 3.35. The summed E-state index contributed by atoms with van der Waals surface area (Å²) in [6.07, 6.45) is -10.1. The fraction of sp³-hybridized carbons (Fsp3) is 0.250. The third-order valence-corrected chi connectivity index (χ3v) is 1.99. The lowest BCUT2D eigenvalue weighted by atomic mass is 10.0. The van der Waals surface area contributed by atoms with Crippen LogP contribution in [0.15, 0.2) is 18.2 Å². The lowest BCUT2D eigenvalue weighted by molar-refractivity contribution is -0.143. The molecular formula is C12H5F6N. The molecule has 0 heterocycles. The Morgan fingerprint density at radius 2 is 1.37 bits per heavy atom. The van der Waals surface area contributed by atoms with Gasteiger partial charge in [0, 0.05) is 5.56 Å². The Labute approximate surface area is 104 Å². The zero-order chi connectivity index (χ0) is 14.7. The number of benzene rings is 1. The van der Waals surface area contributed by atoms with Crippen LogP contribution in [-0.4, -0.2) is 0 Å². The average molecular weight is 277 g/mol. The summed E-state index contributed by atoms with van der Waals surface area (Å²) in [4.78, 5) is 0. The van der Waals surface area contributed by atoms with E-state index in [1.54, 1.807) is 6.07 Å². The average Bonchev–Trinajstić information content (AvgIpc) is 2.27. The van der Waals surface area contributed by atoms with Crippen molar-refractivity contribution < 1.29 is 26.3 Å². The molecule has 0 saturated carbocycles. The molecule has 0 atom stereocenters. The number of alkyl halides is 6. The van der Waals surface area contributed by atoms with Crippen LogP contribution in [0.25, 0.3) is 0 Å². The number of rotatable bonds is 0. The van der Waals surface area contributed by atoms with Gasteiger partial charge in [-0.1, -0.05) is 11.8 Å². The highest BCUT2D eigenvalue weighted by Crippen LogP contribution is 2.36. The third-order valence-electron chi connectivity index (χ3n) is 1.99. The monoisotopic (exact) mass is 277 g/mol. The molecule has 1 rings (SSSR count). The normalized spacial score (nSPS) is 11.4. The van der Waals surface area contributed by atoms with Gasteiger partial charge in [-0.3, -0.25) is 0 Å². The molecule has 0 unspecified atom stereocenters. The standard InChI is InChI=1S/C12H5F6N/c13-11(14,15)9-5-8(3-1-2-4-19)6-10(7-9)12(16,17)18/h5-7H,2H2. The quantitative estimate of drug-likeness (QED) is 0.519. The molecule has 1 aromatic carbocycles. The fourth-order valence-electron chi connectivity index (χ4n) is 1.21. The van der Waals surface area contributed by atoms with Crippen molar-refractivity contribution in [3.8, 4) is 17.9 Å². The van der Waals surface area contributed by atoms with Crippen LogP contribution in [0, 0.1) is 23.2 Å². The second-order valence-corrected chi connectivity index (χ2v) is 3.43. The minimum atomic E-state index is -4.90. The van der Waals surface area contributed by atoms with Gasteiger partial charge < -0.3 is 0 Å². The van der Waals surface area contributed by atoms with E-state index in [1.165, 1.54) is 0 Å². The van der Waals surface area contributed by atoms with Gasteiger partial charge in [-0.15, -0.1) is 0 Å². The van der Waals surface area contributed by atoms with Gasteiger partial charge in [-0.25, -0.2) is 0 Å². The summed E-state index contributed by atoms with van der Waals surface area (Å²) in [6.45, 7) is 0. The van der Waals surface area contributed by atoms with E-state index in [0.29, 0.717) is 12.1 Å². The molecule has 0 bridgehead atoms. The molecule has 0 aromatic heterocycles. The van der Waals surface area contributed by atoms with Crippen molar-refractivity contribution in [2.45, 2.75) is 18.8 Å². The van der Waals surface area contributed by atoms with Crippen LogP contribution in [0.5, 0.6) is 0 Å². The molecule has 0 saturated heterocycles. The van der Waals surface area contributed by atoms with Crippen molar-refractivity contribution in [1.29, 1.82) is 5.26 Å². The van der Waals surface area contributed by atoms with Crippen LogP contribution in [-0.2, 0) is 12.4 Å². The first-order chi connectivity index (χ1) is 8.64. The van der Waals surface area contributed by atoms with E-state index >= 15 is 0 Å². The first-order valence-electron chi connectivity index (χ1n) is 4.80. The van der Waals surface area contributed by atoms with Crippen LogP contribution in [0.2, 0.25) is 0 Å². The molecule has 1 aromatic rings. The third kappa shape index (κ3) is 4.22. The summed E-state index contributed by atoms with van der Waals surface area (Å²) >= 11 is 0. The maximum absolute atomic E-state index is 12.5. The van der Waals surface area contributed by atoms with Gasteiger partial charge >= 0.3 is 12.4 Å². The van der Waals surface area contributed by atoms with E-state index in [0.717, 1.165) is 0 Å². The van der Waals surface area contributed by atoms with Crippen molar-refractivity contribution in [3.63, 3.8) is 0 Å². The predicted molar refractivity (Wildman–Crippen MR) is 53.6 cm³/mol. The molecule has 1 nitrogen and oxygen atoms in total. The zero-order valence-electron chi connectivity index (χ0n) is 9.15. The van der Waals surface area contributed by atoms with E-state index in [-0.39, 0.29) is 12.5 Å². The smallest absolute Gasteiger partial charge is 0.197 e. The Hall–Kier alpha value is -2.15. The first kappa shape index (κ1) is 14.9. The number of hydrogen-bond acceptors (Lipinski definition) is 1. The lowest BCUT2D eigenvalue weighted by Gasteiger charge is -2.12. The van der Waals surface area contributed by atoms with Crippen LogP contribution in [0.4, 0.5) is 26.3 Å². The Bertz CT molecular complexity index is 533. The molecule has 0 N–H and O–H groups in total. The van der Waals surface area contributed by atoms with Crippen molar-refractivity contribution >= 4 is 0 Å². The largest absolute Gasteiger partial charge is 0.416 e. The minimum absolute atomic E-state index is 0.0233. The van der Waals surface area contributed by atoms with E-state index < -0.39 is 29.0 Å². The molecule has 7 heteroatoms. The van der Waals surface area contributed by atoms with Crippen LogP contribution < -0.4 is 0 Å². The molecule has 0 amide bonds. The first-order valence-corrected chi connectivity index (χ1v) is 4.80. The lowest BCUT2D eigenvalue weighted by Crippen LogP contribution is -2.11. The highest BCUT2D eigenvalue weighted by Gasteiger charge is 2.36. The van der Waals surface area contributed by atoms with Crippen LogP contribution in [0.3, 0.4) is 0 Å². The second-order valence-electron chi connectivity index (χ2n) is 3.43. The maximum Gasteiger partial charge on any atom is 0.416 e. The van der Waals surface area contributed by atoms with E-state index in [1.807, 2.05) is 0 Å². The molecule has 0 aliphatic heterocycles. The van der Waals surface area contributed by atoms with Crippen molar-refractivity contribution in [2.75, 3.05) is 0 Å². The van der Waals surface area contributed by atoms with Crippen molar-refractivity contribution in [3.05, 3.63) is 34.9 Å². The Kier molecular flexibility index (Phi) is 4.10. The van der Waals surface area contributed by atoms with Gasteiger partial charge in [0.2, 0.25) is 0 Å². The van der Waals surface area contributed by atoms with E-state index in [9.17, 15) is 26.3 Å². The van der Waals surface area contributed by atoms with Gasteiger partial charge in [0.25, 0.3) is 0 Å². The summed E-state index contributed by atoms with van der Waals surface area (Å²) < 4.78 is 74.7. The molecular weight excluding hydrogens is 272 g/mol. The minimum Gasteiger partial charge on any atom is -0.197 e. The summed E-state index contributed by atoms with van der Waals surface area (Å²) in [7, 11) is 0. The molecule has 100 valence electrons. The molecule has 0 fully saturated rings. The van der Waals surface area contributed by atoms with Gasteiger partial charge in [0.15, 0.2) is 0 Å². The molecule has 0 aliphatic carbocycles. The van der Waals surface area contributed by atoms with Crippen LogP contribution in [0.1, 0.15) is 23.1 Å². The number of halogens is 6. The molecule has 19 heavy (non-hydrogen) atoms.